The van der Waals surface area contributed by atoms with E-state index in [1.807, 2.05) is 0 Å². The van der Waals surface area contributed by atoms with E-state index in [1.165, 1.54) is 43.5 Å². The summed E-state index contributed by atoms with van der Waals surface area (Å²) in [7, 11) is -2.32. The molecule has 0 N–H and O–H groups in total. The fourth-order valence-corrected chi connectivity index (χ4v) is 2.46. The van der Waals surface area contributed by atoms with Gasteiger partial charge in [0.05, 0.1) is 7.11 Å². The first-order valence-electron chi connectivity index (χ1n) is 5.35. The van der Waals surface area contributed by atoms with Gasteiger partial charge in [-0.2, -0.15) is 8.42 Å². The summed E-state index contributed by atoms with van der Waals surface area (Å²) < 4.78 is 33.9. The lowest BCUT2D eigenvalue weighted by atomic mass is 10.3. The minimum atomic E-state index is -3.85. The predicted molar refractivity (Wildman–Crippen MR) is 72.3 cm³/mol. The molecule has 0 heterocycles. The molecular weight excluding hydrogens is 288 g/mol. The topological polar surface area (TPSA) is 52.6 Å². The summed E-state index contributed by atoms with van der Waals surface area (Å²) in [6, 6.07) is 12.0. The van der Waals surface area contributed by atoms with Crippen LogP contribution < -0.4 is 8.92 Å². The molecule has 0 bridgehead atoms. The first-order valence-corrected chi connectivity index (χ1v) is 7.14. The molecule has 6 heteroatoms. The molecule has 0 aliphatic heterocycles. The van der Waals surface area contributed by atoms with Crippen LogP contribution in [-0.4, -0.2) is 15.5 Å². The number of halogens is 1. The number of ether oxygens (including phenoxy) is 1. The standard InChI is InChI=1S/C13H11ClO4S/c1-17-11-4-6-12(7-5-11)18-19(15,16)13-8-2-10(14)3-9-13/h2-9H,1H3. The highest BCUT2D eigenvalue weighted by molar-refractivity contribution is 7.87. The van der Waals surface area contributed by atoms with Crippen molar-refractivity contribution in [2.24, 2.45) is 0 Å². The molecule has 0 amide bonds. The summed E-state index contributed by atoms with van der Waals surface area (Å²) in [6.07, 6.45) is 0. The maximum absolute atomic E-state index is 12.0. The lowest BCUT2D eigenvalue weighted by Crippen LogP contribution is -2.09. The summed E-state index contributed by atoms with van der Waals surface area (Å²) in [4.78, 5) is 0.0488. The van der Waals surface area contributed by atoms with Crippen LogP contribution in [0.1, 0.15) is 0 Å². The van der Waals surface area contributed by atoms with Crippen molar-refractivity contribution in [2.45, 2.75) is 4.90 Å². The first-order chi connectivity index (χ1) is 9.01. The van der Waals surface area contributed by atoms with Crippen LogP contribution in [0.3, 0.4) is 0 Å². The number of benzene rings is 2. The van der Waals surface area contributed by atoms with Gasteiger partial charge in [-0.1, -0.05) is 11.6 Å². The third-order valence-corrected chi connectivity index (χ3v) is 3.88. The molecule has 0 radical (unpaired) electrons. The van der Waals surface area contributed by atoms with E-state index in [9.17, 15) is 8.42 Å². The highest BCUT2D eigenvalue weighted by atomic mass is 35.5. The van der Waals surface area contributed by atoms with E-state index < -0.39 is 10.1 Å². The molecule has 0 saturated carbocycles. The fourth-order valence-electron chi connectivity index (χ4n) is 1.41. The third-order valence-electron chi connectivity index (χ3n) is 2.37. The van der Waals surface area contributed by atoms with E-state index in [2.05, 4.69) is 0 Å². The molecule has 0 aromatic heterocycles. The average Bonchev–Trinajstić information content (AvgIpc) is 2.40. The summed E-state index contributed by atoms with van der Waals surface area (Å²) in [5.41, 5.74) is 0. The number of hydrogen-bond acceptors (Lipinski definition) is 4. The Bertz CT molecular complexity index is 648. The second-order valence-electron chi connectivity index (χ2n) is 3.67. The molecule has 0 fully saturated rings. The fraction of sp³-hybridized carbons (Fsp3) is 0.0769. The molecule has 4 nitrogen and oxygen atoms in total. The second-order valence-corrected chi connectivity index (χ2v) is 5.65. The Morgan fingerprint density at radius 1 is 0.895 bits per heavy atom. The van der Waals surface area contributed by atoms with E-state index in [1.54, 1.807) is 12.1 Å². The predicted octanol–water partition coefficient (Wildman–Crippen LogP) is 3.12. The Hall–Kier alpha value is -1.72. The van der Waals surface area contributed by atoms with Crippen LogP contribution in [0.25, 0.3) is 0 Å². The lowest BCUT2D eigenvalue weighted by Gasteiger charge is -2.07. The zero-order valence-electron chi connectivity index (χ0n) is 10.0. The zero-order chi connectivity index (χ0) is 13.9. The van der Waals surface area contributed by atoms with Gasteiger partial charge in [-0.25, -0.2) is 0 Å². The van der Waals surface area contributed by atoms with Gasteiger partial charge in [0.1, 0.15) is 16.4 Å². The molecule has 0 atom stereocenters. The maximum Gasteiger partial charge on any atom is 0.339 e. The SMILES string of the molecule is COc1ccc(OS(=O)(=O)c2ccc(Cl)cc2)cc1. The van der Waals surface area contributed by atoms with E-state index in [0.29, 0.717) is 10.8 Å². The number of rotatable bonds is 4. The van der Waals surface area contributed by atoms with E-state index in [-0.39, 0.29) is 10.6 Å². The van der Waals surface area contributed by atoms with Gasteiger partial charge in [0, 0.05) is 5.02 Å². The Balaban J connectivity index is 2.23. The lowest BCUT2D eigenvalue weighted by molar-refractivity contribution is 0.413. The first kappa shape index (κ1) is 13.7. The molecule has 0 saturated heterocycles. The molecule has 0 spiro atoms. The highest BCUT2D eigenvalue weighted by Crippen LogP contribution is 2.22. The van der Waals surface area contributed by atoms with Gasteiger partial charge in [-0.15, -0.1) is 0 Å². The second kappa shape index (κ2) is 5.50. The molecule has 0 aliphatic carbocycles. The van der Waals surface area contributed by atoms with Crippen molar-refractivity contribution in [1.82, 2.24) is 0 Å². The molecule has 2 rings (SSSR count). The summed E-state index contributed by atoms with van der Waals surface area (Å²) in [5, 5.41) is 0.461. The van der Waals surface area contributed by atoms with Crippen LogP contribution in [0.2, 0.25) is 5.02 Å². The molecule has 0 unspecified atom stereocenters. The van der Waals surface area contributed by atoms with E-state index in [4.69, 9.17) is 20.5 Å². The third kappa shape index (κ3) is 3.39. The zero-order valence-corrected chi connectivity index (χ0v) is 11.6. The summed E-state index contributed by atoms with van der Waals surface area (Å²) in [6.45, 7) is 0. The van der Waals surface area contributed by atoms with Crippen LogP contribution >= 0.6 is 11.6 Å². The van der Waals surface area contributed by atoms with E-state index in [0.717, 1.165) is 0 Å². The van der Waals surface area contributed by atoms with Crippen LogP contribution in [-0.2, 0) is 10.1 Å². The Morgan fingerprint density at radius 3 is 1.95 bits per heavy atom. The van der Waals surface area contributed by atoms with Gasteiger partial charge in [0.25, 0.3) is 0 Å². The van der Waals surface area contributed by atoms with Gasteiger partial charge < -0.3 is 8.92 Å². The monoisotopic (exact) mass is 298 g/mol. The van der Waals surface area contributed by atoms with Gasteiger partial charge in [-0.3, -0.25) is 0 Å². The number of hydrogen-bond donors (Lipinski definition) is 0. The van der Waals surface area contributed by atoms with Crippen molar-refractivity contribution in [1.29, 1.82) is 0 Å². The molecule has 19 heavy (non-hydrogen) atoms. The van der Waals surface area contributed by atoms with Crippen molar-refractivity contribution in [3.8, 4) is 11.5 Å². The smallest absolute Gasteiger partial charge is 0.339 e. The minimum Gasteiger partial charge on any atom is -0.497 e. The van der Waals surface area contributed by atoms with Crippen molar-refractivity contribution in [2.75, 3.05) is 7.11 Å². The van der Waals surface area contributed by atoms with E-state index >= 15 is 0 Å². The highest BCUT2D eigenvalue weighted by Gasteiger charge is 2.16. The van der Waals surface area contributed by atoms with Gasteiger partial charge in [0.2, 0.25) is 0 Å². The largest absolute Gasteiger partial charge is 0.497 e. The number of methoxy groups -OCH3 is 1. The summed E-state index contributed by atoms with van der Waals surface area (Å²) in [5.74, 6) is 0.840. The van der Waals surface area contributed by atoms with Crippen molar-refractivity contribution in [3.05, 3.63) is 53.6 Å². The molecule has 100 valence electrons. The Kier molecular flexibility index (Phi) is 3.97. The normalized spacial score (nSPS) is 11.1. The summed E-state index contributed by atoms with van der Waals surface area (Å²) >= 11 is 5.71. The van der Waals surface area contributed by atoms with Crippen molar-refractivity contribution >= 4 is 21.7 Å². The van der Waals surface area contributed by atoms with Crippen LogP contribution in [0.5, 0.6) is 11.5 Å². The van der Waals surface area contributed by atoms with Crippen LogP contribution in [0, 0.1) is 0 Å². The van der Waals surface area contributed by atoms with Gasteiger partial charge in [-0.05, 0) is 48.5 Å². The van der Waals surface area contributed by atoms with Gasteiger partial charge in [0.15, 0.2) is 0 Å². The molecule has 2 aromatic rings. The van der Waals surface area contributed by atoms with Crippen molar-refractivity contribution in [3.63, 3.8) is 0 Å². The van der Waals surface area contributed by atoms with Gasteiger partial charge >= 0.3 is 10.1 Å². The molecule has 0 aliphatic rings. The Labute approximate surface area is 116 Å². The minimum absolute atomic E-state index is 0.0488. The quantitative estimate of drug-likeness (QED) is 0.814. The van der Waals surface area contributed by atoms with Crippen LogP contribution in [0.4, 0.5) is 0 Å². The molecule has 2 aromatic carbocycles. The maximum atomic E-state index is 12.0. The van der Waals surface area contributed by atoms with Crippen molar-refractivity contribution < 1.29 is 17.3 Å². The molecular formula is C13H11ClO4S. The van der Waals surface area contributed by atoms with Crippen LogP contribution in [0.15, 0.2) is 53.4 Å². The average molecular weight is 299 g/mol. The Morgan fingerprint density at radius 2 is 1.42 bits per heavy atom.